The van der Waals surface area contributed by atoms with E-state index in [0.29, 0.717) is 60.4 Å². The lowest BCUT2D eigenvalue weighted by Gasteiger charge is -2.38. The maximum atomic E-state index is 13.1. The molecule has 1 amide bonds. The topological polar surface area (TPSA) is 112 Å². The molecule has 10 nitrogen and oxygen atoms in total. The first-order valence-electron chi connectivity index (χ1n) is 16.7. The molecule has 4 rings (SSSR count). The number of hydrogen-bond acceptors (Lipinski definition) is 8. The fraction of sp³-hybridized carbons (Fsp3) is 0.541. The molecule has 1 unspecified atom stereocenters. The summed E-state index contributed by atoms with van der Waals surface area (Å²) in [4.78, 5) is 36.2. The number of aromatic nitrogens is 2. The van der Waals surface area contributed by atoms with Gasteiger partial charge >= 0.3 is 12.1 Å². The fourth-order valence-electron chi connectivity index (χ4n) is 5.60. The Balaban J connectivity index is 1.66. The SMILES string of the molecule is COC(=O)c1[nH]c(C(CCO[Si](C)(C)C(C)(C)C)C2CCN(C(=O)OC(C)(C)C)CC2)nc1-c1ccc(Oc2ccccc2)c(OC)c1. The molecule has 2 heterocycles. The van der Waals surface area contributed by atoms with Crippen molar-refractivity contribution in [2.45, 2.75) is 90.5 Å². The lowest BCUT2D eigenvalue weighted by molar-refractivity contribution is 0.0169. The molecule has 0 radical (unpaired) electrons. The van der Waals surface area contributed by atoms with Gasteiger partial charge in [-0.15, -0.1) is 0 Å². The van der Waals surface area contributed by atoms with E-state index in [2.05, 4.69) is 38.8 Å². The summed E-state index contributed by atoms with van der Waals surface area (Å²) in [5.74, 6) is 2.07. The van der Waals surface area contributed by atoms with Crippen molar-refractivity contribution >= 4 is 20.4 Å². The number of likely N-dealkylation sites (tertiary alicyclic amines) is 1. The molecule has 1 N–H and O–H groups in total. The van der Waals surface area contributed by atoms with Crippen LogP contribution in [0.15, 0.2) is 48.5 Å². The van der Waals surface area contributed by atoms with Crippen LogP contribution in [0, 0.1) is 5.92 Å². The number of carbonyl (C=O) groups is 2. The summed E-state index contributed by atoms with van der Waals surface area (Å²) in [5.41, 5.74) is 0.878. The second-order valence-electron chi connectivity index (χ2n) is 14.9. The van der Waals surface area contributed by atoms with E-state index in [1.165, 1.54) is 7.11 Å². The largest absolute Gasteiger partial charge is 0.493 e. The van der Waals surface area contributed by atoms with Crippen LogP contribution in [0.1, 0.15) is 83.0 Å². The molecule has 11 heteroatoms. The summed E-state index contributed by atoms with van der Waals surface area (Å²) in [7, 11) is 0.944. The Hall–Kier alpha value is -3.83. The van der Waals surface area contributed by atoms with Crippen molar-refractivity contribution in [1.82, 2.24) is 14.9 Å². The van der Waals surface area contributed by atoms with E-state index in [4.69, 9.17) is 28.4 Å². The summed E-state index contributed by atoms with van der Waals surface area (Å²) in [6.07, 6.45) is 1.96. The van der Waals surface area contributed by atoms with Gasteiger partial charge < -0.3 is 33.3 Å². The minimum Gasteiger partial charge on any atom is -0.493 e. The molecule has 0 spiro atoms. The van der Waals surface area contributed by atoms with Gasteiger partial charge in [-0.3, -0.25) is 0 Å². The van der Waals surface area contributed by atoms with Crippen molar-refractivity contribution in [3.8, 4) is 28.5 Å². The van der Waals surface area contributed by atoms with Crippen LogP contribution in [-0.4, -0.2) is 74.8 Å². The van der Waals surface area contributed by atoms with Crippen LogP contribution in [0.5, 0.6) is 17.2 Å². The van der Waals surface area contributed by atoms with Gasteiger partial charge in [0, 0.05) is 31.2 Å². The summed E-state index contributed by atoms with van der Waals surface area (Å²) < 4.78 is 29.2. The number of benzene rings is 2. The number of aromatic amines is 1. The number of imidazole rings is 1. The first-order chi connectivity index (χ1) is 22.5. The number of nitrogens with zero attached hydrogens (tertiary/aromatic N) is 2. The molecule has 1 aromatic heterocycles. The molecule has 1 aliphatic heterocycles. The van der Waals surface area contributed by atoms with Gasteiger partial charge in [-0.2, -0.15) is 0 Å². The second kappa shape index (κ2) is 15.2. The third-order valence-electron chi connectivity index (χ3n) is 9.33. The van der Waals surface area contributed by atoms with Crippen molar-refractivity contribution in [1.29, 1.82) is 0 Å². The average Bonchev–Trinajstić information content (AvgIpc) is 3.47. The van der Waals surface area contributed by atoms with Crippen molar-refractivity contribution in [2.75, 3.05) is 33.9 Å². The molecule has 1 atom stereocenters. The number of esters is 1. The second-order valence-corrected chi connectivity index (χ2v) is 19.7. The normalized spacial score (nSPS) is 15.2. The van der Waals surface area contributed by atoms with Gasteiger partial charge in [0.25, 0.3) is 0 Å². The lowest BCUT2D eigenvalue weighted by Crippen LogP contribution is -2.43. The van der Waals surface area contributed by atoms with Crippen molar-refractivity contribution < 1.29 is 33.0 Å². The van der Waals surface area contributed by atoms with Gasteiger partial charge in [-0.05, 0) is 94.4 Å². The van der Waals surface area contributed by atoms with E-state index < -0.39 is 19.9 Å². The predicted octanol–water partition coefficient (Wildman–Crippen LogP) is 8.81. The van der Waals surface area contributed by atoms with Crippen LogP contribution in [0.3, 0.4) is 0 Å². The zero-order chi connectivity index (χ0) is 35.3. The zero-order valence-corrected chi connectivity index (χ0v) is 31.3. The average molecular weight is 680 g/mol. The Kier molecular flexibility index (Phi) is 11.7. The van der Waals surface area contributed by atoms with Crippen LogP contribution in [0.2, 0.25) is 18.1 Å². The monoisotopic (exact) mass is 679 g/mol. The molecular weight excluding hydrogens is 627 g/mol. The van der Waals surface area contributed by atoms with Gasteiger partial charge in [0.15, 0.2) is 25.5 Å². The molecule has 1 saturated heterocycles. The molecule has 0 saturated carbocycles. The molecule has 48 heavy (non-hydrogen) atoms. The summed E-state index contributed by atoms with van der Waals surface area (Å²) in [6.45, 7) is 18.6. The number of hydrogen-bond donors (Lipinski definition) is 1. The molecule has 3 aromatic rings. The summed E-state index contributed by atoms with van der Waals surface area (Å²) in [6, 6.07) is 15.0. The number of rotatable bonds is 11. The highest BCUT2D eigenvalue weighted by Gasteiger charge is 2.38. The summed E-state index contributed by atoms with van der Waals surface area (Å²) in [5, 5.41) is 0.0760. The highest BCUT2D eigenvalue weighted by molar-refractivity contribution is 6.74. The number of piperidine rings is 1. The minimum atomic E-state index is -2.00. The highest BCUT2D eigenvalue weighted by atomic mass is 28.4. The molecule has 0 bridgehead atoms. The van der Waals surface area contributed by atoms with Crippen LogP contribution in [-0.2, 0) is 13.9 Å². The lowest BCUT2D eigenvalue weighted by atomic mass is 9.82. The quantitative estimate of drug-likeness (QED) is 0.158. The van der Waals surface area contributed by atoms with Gasteiger partial charge in [0.05, 0.1) is 14.2 Å². The molecule has 262 valence electrons. The highest BCUT2D eigenvalue weighted by Crippen LogP contribution is 2.41. The Morgan fingerprint density at radius 2 is 1.65 bits per heavy atom. The first-order valence-corrected chi connectivity index (χ1v) is 19.6. The third-order valence-corrected chi connectivity index (χ3v) is 13.9. The predicted molar refractivity (Wildman–Crippen MR) is 189 cm³/mol. The summed E-state index contributed by atoms with van der Waals surface area (Å²) >= 11 is 0. The standard InChI is InChI=1S/C37H53N3O7Si/c1-36(2,3)47-35(42)40-21-18-25(19-22-40)28(20-23-45-48(9,10)37(4,5)6)33-38-31(32(39-33)34(41)44-8)26-16-17-29(30(24-26)43-7)46-27-14-12-11-13-15-27/h11-17,24-25,28H,18-23H2,1-10H3,(H,38,39). The molecule has 2 aromatic carbocycles. The first kappa shape index (κ1) is 37.0. The van der Waals surface area contributed by atoms with Crippen LogP contribution in [0.4, 0.5) is 4.79 Å². The van der Waals surface area contributed by atoms with Crippen LogP contribution >= 0.6 is 0 Å². The number of methoxy groups -OCH3 is 2. The number of amides is 1. The van der Waals surface area contributed by atoms with Crippen molar-refractivity contribution in [3.05, 3.63) is 60.0 Å². The number of ether oxygens (including phenoxy) is 4. The maximum absolute atomic E-state index is 13.1. The number of carbonyl (C=O) groups excluding carboxylic acids is 2. The van der Waals surface area contributed by atoms with E-state index in [0.717, 1.165) is 12.8 Å². The minimum absolute atomic E-state index is 0.0460. The van der Waals surface area contributed by atoms with E-state index >= 15 is 0 Å². The fourth-order valence-corrected chi connectivity index (χ4v) is 6.67. The molecule has 0 aliphatic carbocycles. The van der Waals surface area contributed by atoms with Gasteiger partial charge in [-0.1, -0.05) is 39.0 Å². The van der Waals surface area contributed by atoms with E-state index in [9.17, 15) is 9.59 Å². The Morgan fingerprint density at radius 1 is 0.979 bits per heavy atom. The Morgan fingerprint density at radius 3 is 2.23 bits per heavy atom. The molecular formula is C37H53N3O7Si. The van der Waals surface area contributed by atoms with E-state index in [-0.39, 0.29) is 28.7 Å². The van der Waals surface area contributed by atoms with E-state index in [1.807, 2.05) is 69.3 Å². The number of para-hydroxylation sites is 1. The zero-order valence-electron chi connectivity index (χ0n) is 30.3. The van der Waals surface area contributed by atoms with Crippen molar-refractivity contribution in [2.24, 2.45) is 5.92 Å². The van der Waals surface area contributed by atoms with Crippen LogP contribution < -0.4 is 9.47 Å². The third kappa shape index (κ3) is 9.19. The number of H-pyrrole nitrogens is 1. The Bertz CT molecular complexity index is 1530. The van der Waals surface area contributed by atoms with Crippen LogP contribution in [0.25, 0.3) is 11.3 Å². The van der Waals surface area contributed by atoms with E-state index in [1.54, 1.807) is 12.0 Å². The smallest absolute Gasteiger partial charge is 0.410 e. The van der Waals surface area contributed by atoms with Gasteiger partial charge in [0.1, 0.15) is 22.9 Å². The maximum Gasteiger partial charge on any atom is 0.410 e. The number of nitrogens with one attached hydrogen (secondary N) is 1. The molecule has 1 fully saturated rings. The Labute approximate surface area is 286 Å². The van der Waals surface area contributed by atoms with Crippen molar-refractivity contribution in [3.63, 3.8) is 0 Å². The van der Waals surface area contributed by atoms with Gasteiger partial charge in [-0.25, -0.2) is 14.6 Å². The molecule has 1 aliphatic rings. The van der Waals surface area contributed by atoms with Gasteiger partial charge in [0.2, 0.25) is 0 Å².